The van der Waals surface area contributed by atoms with E-state index in [0.717, 1.165) is 26.1 Å². The minimum absolute atomic E-state index is 0.581. The first-order valence-electron chi connectivity index (χ1n) is 6.04. The predicted octanol–water partition coefficient (Wildman–Crippen LogP) is 1.57. The van der Waals surface area contributed by atoms with Gasteiger partial charge in [0, 0.05) is 31.5 Å². The number of hydrogen-bond acceptors (Lipinski definition) is 3. The van der Waals surface area contributed by atoms with E-state index in [1.807, 2.05) is 12.4 Å². The van der Waals surface area contributed by atoms with E-state index in [1.54, 1.807) is 0 Å². The van der Waals surface area contributed by atoms with Gasteiger partial charge in [0.15, 0.2) is 0 Å². The van der Waals surface area contributed by atoms with Crippen LogP contribution in [0.2, 0.25) is 0 Å². The van der Waals surface area contributed by atoms with Crippen LogP contribution in [-0.4, -0.2) is 29.5 Å². The summed E-state index contributed by atoms with van der Waals surface area (Å²) >= 11 is 0. The zero-order valence-electron chi connectivity index (χ0n) is 10.5. The summed E-state index contributed by atoms with van der Waals surface area (Å²) in [6.07, 6.45) is 5.17. The Kier molecular flexibility index (Phi) is 3.56. The van der Waals surface area contributed by atoms with Crippen molar-refractivity contribution < 1.29 is 0 Å². The molecule has 2 rings (SSSR count). The van der Waals surface area contributed by atoms with Gasteiger partial charge in [-0.3, -0.25) is 9.88 Å². The second kappa shape index (κ2) is 4.93. The summed E-state index contributed by atoms with van der Waals surface area (Å²) in [6, 6.07) is 0.581. The molecule has 1 N–H and O–H groups in total. The fourth-order valence-electron chi connectivity index (χ4n) is 2.08. The lowest BCUT2D eigenvalue weighted by Crippen LogP contribution is -2.29. The Morgan fingerprint density at radius 1 is 1.44 bits per heavy atom. The number of hydrogen-bond donors (Lipinski definition) is 1. The topological polar surface area (TPSA) is 28.2 Å². The fraction of sp³-hybridized carbons (Fsp3) is 0.615. The van der Waals surface area contributed by atoms with Gasteiger partial charge < -0.3 is 5.32 Å². The van der Waals surface area contributed by atoms with Crippen molar-refractivity contribution in [1.82, 2.24) is 15.2 Å². The van der Waals surface area contributed by atoms with E-state index in [2.05, 4.69) is 36.1 Å². The summed E-state index contributed by atoms with van der Waals surface area (Å²) in [4.78, 5) is 6.70. The molecular weight excluding hydrogens is 198 g/mol. The average molecular weight is 219 g/mol. The van der Waals surface area contributed by atoms with E-state index < -0.39 is 0 Å². The SMILES string of the molecule is CC(C)N(C)Cc1cncc2c1CCNC2. The number of rotatable bonds is 3. The third-order valence-electron chi connectivity index (χ3n) is 3.40. The highest BCUT2D eigenvalue weighted by Gasteiger charge is 2.14. The second-order valence-electron chi connectivity index (χ2n) is 4.87. The van der Waals surface area contributed by atoms with Crippen LogP contribution in [0.25, 0.3) is 0 Å². The summed E-state index contributed by atoms with van der Waals surface area (Å²) in [7, 11) is 2.17. The zero-order valence-corrected chi connectivity index (χ0v) is 10.5. The maximum absolute atomic E-state index is 4.34. The minimum atomic E-state index is 0.581. The number of pyridine rings is 1. The summed E-state index contributed by atoms with van der Waals surface area (Å²) in [5.74, 6) is 0. The van der Waals surface area contributed by atoms with Gasteiger partial charge >= 0.3 is 0 Å². The minimum Gasteiger partial charge on any atom is -0.312 e. The van der Waals surface area contributed by atoms with Crippen LogP contribution in [0.1, 0.15) is 30.5 Å². The standard InChI is InChI=1S/C13H21N3/c1-10(2)16(3)9-12-8-15-7-11-6-14-5-4-13(11)12/h7-8,10,14H,4-6,9H2,1-3H3. The zero-order chi connectivity index (χ0) is 11.5. The maximum Gasteiger partial charge on any atom is 0.0315 e. The maximum atomic E-state index is 4.34. The molecule has 1 aliphatic rings. The molecular formula is C13H21N3. The Hall–Kier alpha value is -0.930. The Morgan fingerprint density at radius 3 is 3.00 bits per heavy atom. The molecule has 3 nitrogen and oxygen atoms in total. The van der Waals surface area contributed by atoms with Crippen molar-refractivity contribution in [3.05, 3.63) is 29.1 Å². The first-order chi connectivity index (χ1) is 7.68. The molecule has 0 bridgehead atoms. The molecule has 88 valence electrons. The highest BCUT2D eigenvalue weighted by Crippen LogP contribution is 2.18. The van der Waals surface area contributed by atoms with Gasteiger partial charge in [-0.1, -0.05) is 0 Å². The van der Waals surface area contributed by atoms with Crippen LogP contribution in [0.4, 0.5) is 0 Å². The molecule has 1 aromatic heterocycles. The van der Waals surface area contributed by atoms with E-state index >= 15 is 0 Å². The molecule has 1 aliphatic heterocycles. The lowest BCUT2D eigenvalue weighted by atomic mass is 9.98. The lowest BCUT2D eigenvalue weighted by molar-refractivity contribution is 0.264. The van der Waals surface area contributed by atoms with Crippen LogP contribution < -0.4 is 5.32 Å². The van der Waals surface area contributed by atoms with Crippen LogP contribution in [-0.2, 0) is 19.5 Å². The first-order valence-corrected chi connectivity index (χ1v) is 6.04. The van der Waals surface area contributed by atoms with Crippen LogP contribution in [0, 0.1) is 0 Å². The van der Waals surface area contributed by atoms with Crippen molar-refractivity contribution in [2.24, 2.45) is 0 Å². The quantitative estimate of drug-likeness (QED) is 0.836. The first kappa shape index (κ1) is 11.6. The molecule has 1 aromatic rings. The molecule has 0 fully saturated rings. The van der Waals surface area contributed by atoms with Gasteiger partial charge in [0.25, 0.3) is 0 Å². The Balaban J connectivity index is 2.20. The highest BCUT2D eigenvalue weighted by atomic mass is 15.1. The summed E-state index contributed by atoms with van der Waals surface area (Å²) < 4.78 is 0. The summed E-state index contributed by atoms with van der Waals surface area (Å²) in [6.45, 7) is 7.53. The van der Waals surface area contributed by atoms with E-state index in [0.29, 0.717) is 6.04 Å². The fourth-order valence-corrected chi connectivity index (χ4v) is 2.08. The van der Waals surface area contributed by atoms with Crippen LogP contribution in [0.5, 0.6) is 0 Å². The van der Waals surface area contributed by atoms with Gasteiger partial charge in [-0.25, -0.2) is 0 Å². The van der Waals surface area contributed by atoms with Crippen LogP contribution in [0.3, 0.4) is 0 Å². The number of nitrogens with one attached hydrogen (secondary N) is 1. The van der Waals surface area contributed by atoms with Crippen molar-refractivity contribution in [3.8, 4) is 0 Å². The van der Waals surface area contributed by atoms with E-state index in [1.165, 1.54) is 16.7 Å². The van der Waals surface area contributed by atoms with Gasteiger partial charge in [0.2, 0.25) is 0 Å². The molecule has 0 unspecified atom stereocenters. The van der Waals surface area contributed by atoms with Gasteiger partial charge in [-0.2, -0.15) is 0 Å². The van der Waals surface area contributed by atoms with E-state index in [9.17, 15) is 0 Å². The molecule has 0 spiro atoms. The summed E-state index contributed by atoms with van der Waals surface area (Å²) in [5.41, 5.74) is 4.29. The van der Waals surface area contributed by atoms with Crippen molar-refractivity contribution in [1.29, 1.82) is 0 Å². The third kappa shape index (κ3) is 2.42. The second-order valence-corrected chi connectivity index (χ2v) is 4.87. The molecule has 0 saturated carbocycles. The van der Waals surface area contributed by atoms with Crippen LogP contribution >= 0.6 is 0 Å². The molecule has 16 heavy (non-hydrogen) atoms. The normalized spacial score (nSPS) is 15.6. The van der Waals surface area contributed by atoms with Crippen molar-refractivity contribution in [2.45, 2.75) is 39.4 Å². The largest absolute Gasteiger partial charge is 0.312 e. The Bertz CT molecular complexity index is 360. The van der Waals surface area contributed by atoms with Gasteiger partial charge in [-0.15, -0.1) is 0 Å². The van der Waals surface area contributed by atoms with Gasteiger partial charge in [0.1, 0.15) is 0 Å². The number of nitrogens with zero attached hydrogens (tertiary/aromatic N) is 2. The molecule has 0 atom stereocenters. The molecule has 2 heterocycles. The molecule has 0 aliphatic carbocycles. The molecule has 0 amide bonds. The predicted molar refractivity (Wildman–Crippen MR) is 66.3 cm³/mol. The molecule has 3 heteroatoms. The highest BCUT2D eigenvalue weighted by molar-refractivity contribution is 5.33. The lowest BCUT2D eigenvalue weighted by Gasteiger charge is -2.25. The van der Waals surface area contributed by atoms with E-state index in [4.69, 9.17) is 0 Å². The van der Waals surface area contributed by atoms with Crippen LogP contribution in [0.15, 0.2) is 12.4 Å². The van der Waals surface area contributed by atoms with Crippen molar-refractivity contribution in [2.75, 3.05) is 13.6 Å². The Morgan fingerprint density at radius 2 is 2.25 bits per heavy atom. The Labute approximate surface area is 97.9 Å². The smallest absolute Gasteiger partial charge is 0.0315 e. The molecule has 0 saturated heterocycles. The average Bonchev–Trinajstić information content (AvgIpc) is 2.29. The van der Waals surface area contributed by atoms with E-state index in [-0.39, 0.29) is 0 Å². The molecule has 0 aromatic carbocycles. The van der Waals surface area contributed by atoms with Gasteiger partial charge in [0.05, 0.1) is 0 Å². The van der Waals surface area contributed by atoms with Gasteiger partial charge in [-0.05, 0) is 50.6 Å². The third-order valence-corrected chi connectivity index (χ3v) is 3.40. The van der Waals surface area contributed by atoms with Crippen molar-refractivity contribution >= 4 is 0 Å². The summed E-state index contributed by atoms with van der Waals surface area (Å²) in [5, 5.41) is 3.39. The van der Waals surface area contributed by atoms with Crippen molar-refractivity contribution in [3.63, 3.8) is 0 Å². The number of fused-ring (bicyclic) bond motifs is 1. The monoisotopic (exact) mass is 219 g/mol. The molecule has 0 radical (unpaired) electrons. The number of aromatic nitrogens is 1.